The predicted molar refractivity (Wildman–Crippen MR) is 157 cm³/mol. The van der Waals surface area contributed by atoms with Crippen molar-refractivity contribution in [2.24, 2.45) is 0 Å². The van der Waals surface area contributed by atoms with E-state index in [1.807, 2.05) is 78.9 Å². The third kappa shape index (κ3) is 7.04. The molecule has 0 unspecified atom stereocenters. The van der Waals surface area contributed by atoms with Gasteiger partial charge in [0, 0.05) is 45.0 Å². The zero-order chi connectivity index (χ0) is 29.3. The van der Waals surface area contributed by atoms with E-state index in [2.05, 4.69) is 21.1 Å². The average molecular weight is 570 g/mol. The van der Waals surface area contributed by atoms with E-state index >= 15 is 0 Å². The van der Waals surface area contributed by atoms with Crippen LogP contribution in [0.5, 0.6) is 23.1 Å². The molecule has 0 atom stereocenters. The Balaban J connectivity index is 1.09. The van der Waals surface area contributed by atoms with Crippen LogP contribution in [0.15, 0.2) is 83.7 Å². The molecule has 0 saturated carbocycles. The molecule has 1 aliphatic heterocycles. The summed E-state index contributed by atoms with van der Waals surface area (Å²) in [6.45, 7) is 2.75. The van der Waals surface area contributed by atoms with Crippen molar-refractivity contribution in [3.63, 3.8) is 0 Å². The summed E-state index contributed by atoms with van der Waals surface area (Å²) in [6.07, 6.45) is 4.50. The first-order valence-electron chi connectivity index (χ1n) is 13.4. The van der Waals surface area contributed by atoms with Gasteiger partial charge in [-0.05, 0) is 54.1 Å². The number of carbonyl (C=O) groups excluding carboxylic acids is 1. The highest BCUT2D eigenvalue weighted by molar-refractivity contribution is 5.68. The van der Waals surface area contributed by atoms with Crippen LogP contribution in [0.3, 0.4) is 0 Å². The summed E-state index contributed by atoms with van der Waals surface area (Å²) in [5.74, 6) is 4.13. The minimum atomic E-state index is -0.745. The predicted octanol–water partition coefficient (Wildman–Crippen LogP) is 3.35. The average Bonchev–Trinajstić information content (AvgIpc) is 3.29. The van der Waals surface area contributed by atoms with Crippen LogP contribution in [0.1, 0.15) is 11.3 Å². The molecule has 0 spiro atoms. The number of anilines is 1. The Labute approximate surface area is 242 Å². The fourth-order valence-corrected chi connectivity index (χ4v) is 4.46. The number of aromatic hydroxyl groups is 1. The number of aromatic amines is 1. The van der Waals surface area contributed by atoms with Gasteiger partial charge in [0.05, 0.1) is 5.69 Å². The highest BCUT2D eigenvalue weighted by Crippen LogP contribution is 2.22. The highest BCUT2D eigenvalue weighted by atomic mass is 16.7. The third-order valence-electron chi connectivity index (χ3n) is 6.67. The van der Waals surface area contributed by atoms with Gasteiger partial charge in [-0.15, -0.1) is 6.42 Å². The number of terminal acetylenes is 1. The van der Waals surface area contributed by atoms with E-state index in [1.54, 1.807) is 0 Å². The number of ether oxygens (including phenoxy) is 2. The molecule has 1 aliphatic rings. The zero-order valence-electron chi connectivity index (χ0n) is 22.9. The SMILES string of the molecule is C#CCOc1ccc(N2CCN(C(=O)On3c(O)c(CNCc4ccc(Oc5ccccc5)cc4)[nH]c3=O)CC2)cc1. The Bertz CT molecular complexity index is 1570. The number of H-pyrrole nitrogens is 1. The summed E-state index contributed by atoms with van der Waals surface area (Å²) in [6, 6.07) is 24.6. The molecular formula is C31H31N5O6. The van der Waals surface area contributed by atoms with E-state index < -0.39 is 17.7 Å². The Morgan fingerprint density at radius 1 is 0.905 bits per heavy atom. The van der Waals surface area contributed by atoms with E-state index in [9.17, 15) is 14.7 Å². The zero-order valence-corrected chi connectivity index (χ0v) is 22.9. The summed E-state index contributed by atoms with van der Waals surface area (Å²) in [5.41, 5.74) is 1.43. The Hall–Kier alpha value is -5.34. The summed E-state index contributed by atoms with van der Waals surface area (Å²) in [5, 5.41) is 13.7. The molecule has 1 fully saturated rings. The number of amides is 1. The number of imidazole rings is 1. The van der Waals surface area contributed by atoms with Crippen molar-refractivity contribution in [1.82, 2.24) is 19.9 Å². The van der Waals surface area contributed by atoms with E-state index in [4.69, 9.17) is 20.7 Å². The number of benzene rings is 3. The van der Waals surface area contributed by atoms with Gasteiger partial charge >= 0.3 is 11.8 Å². The largest absolute Gasteiger partial charge is 0.491 e. The molecule has 216 valence electrons. The molecule has 4 aromatic rings. The highest BCUT2D eigenvalue weighted by Gasteiger charge is 2.25. The lowest BCUT2D eigenvalue weighted by Gasteiger charge is -2.35. The summed E-state index contributed by atoms with van der Waals surface area (Å²) >= 11 is 0. The van der Waals surface area contributed by atoms with Gasteiger partial charge in [0.25, 0.3) is 5.88 Å². The maximum Gasteiger partial charge on any atom is 0.434 e. The standard InChI is InChI=1S/C31H31N5O6/c1-2-20-40-25-14-10-24(11-15-25)34-16-18-35(19-17-34)31(39)42-36-29(37)28(33-30(36)38)22-32-21-23-8-12-27(13-9-23)41-26-6-4-3-5-7-26/h1,3-15,32,37H,16-22H2,(H,33,38). The lowest BCUT2D eigenvalue weighted by atomic mass is 10.2. The number of carbonyl (C=O) groups is 1. The fraction of sp³-hybridized carbons (Fsp3) is 0.226. The van der Waals surface area contributed by atoms with Crippen molar-refractivity contribution in [1.29, 1.82) is 0 Å². The first kappa shape index (κ1) is 28.2. The molecule has 3 aromatic carbocycles. The summed E-state index contributed by atoms with van der Waals surface area (Å²) in [4.78, 5) is 36.6. The van der Waals surface area contributed by atoms with Crippen LogP contribution in [-0.2, 0) is 13.1 Å². The van der Waals surface area contributed by atoms with Gasteiger partial charge < -0.3 is 39.5 Å². The Kier molecular flexibility index (Phi) is 8.96. The van der Waals surface area contributed by atoms with Crippen molar-refractivity contribution >= 4 is 11.8 Å². The van der Waals surface area contributed by atoms with Crippen LogP contribution in [0, 0.1) is 12.3 Å². The molecule has 0 aliphatic carbocycles. The van der Waals surface area contributed by atoms with Crippen LogP contribution < -0.4 is 30.2 Å². The van der Waals surface area contributed by atoms with E-state index in [-0.39, 0.29) is 18.8 Å². The molecule has 11 nitrogen and oxygen atoms in total. The van der Waals surface area contributed by atoms with Crippen LogP contribution in [0.25, 0.3) is 0 Å². The maximum atomic E-state index is 12.8. The minimum Gasteiger partial charge on any atom is -0.491 e. The van der Waals surface area contributed by atoms with Crippen molar-refractivity contribution in [2.45, 2.75) is 13.1 Å². The molecule has 3 N–H and O–H groups in total. The monoisotopic (exact) mass is 569 g/mol. The molecule has 11 heteroatoms. The number of para-hydroxylation sites is 1. The third-order valence-corrected chi connectivity index (χ3v) is 6.67. The lowest BCUT2D eigenvalue weighted by molar-refractivity contribution is 0.0779. The van der Waals surface area contributed by atoms with Crippen molar-refractivity contribution in [2.75, 3.05) is 37.7 Å². The number of hydrogen-bond donors (Lipinski definition) is 3. The molecule has 2 heterocycles. The van der Waals surface area contributed by atoms with Crippen LogP contribution >= 0.6 is 0 Å². The first-order chi connectivity index (χ1) is 20.5. The smallest absolute Gasteiger partial charge is 0.434 e. The Morgan fingerprint density at radius 2 is 1.57 bits per heavy atom. The number of piperazine rings is 1. The number of nitrogens with zero attached hydrogens (tertiary/aromatic N) is 3. The van der Waals surface area contributed by atoms with Gasteiger partial charge in [0.2, 0.25) is 0 Å². The second-order valence-electron chi connectivity index (χ2n) is 9.51. The number of aromatic nitrogens is 2. The molecule has 1 aromatic heterocycles. The second kappa shape index (κ2) is 13.3. The number of nitrogens with one attached hydrogen (secondary N) is 2. The topological polar surface area (TPSA) is 121 Å². The Morgan fingerprint density at radius 3 is 2.26 bits per heavy atom. The molecule has 0 bridgehead atoms. The second-order valence-corrected chi connectivity index (χ2v) is 9.51. The van der Waals surface area contributed by atoms with Crippen molar-refractivity contribution in [3.8, 4) is 35.5 Å². The van der Waals surface area contributed by atoms with Gasteiger partial charge in [0.1, 0.15) is 23.9 Å². The normalized spacial score (nSPS) is 12.9. The molecule has 1 amide bonds. The van der Waals surface area contributed by atoms with Crippen molar-refractivity contribution in [3.05, 3.63) is 101 Å². The first-order valence-corrected chi connectivity index (χ1v) is 13.4. The maximum absolute atomic E-state index is 12.8. The molecule has 42 heavy (non-hydrogen) atoms. The van der Waals surface area contributed by atoms with Crippen LogP contribution in [-0.4, -0.2) is 58.6 Å². The van der Waals surface area contributed by atoms with Crippen LogP contribution in [0.2, 0.25) is 0 Å². The quantitative estimate of drug-likeness (QED) is 0.249. The number of hydrogen-bond acceptors (Lipinski definition) is 8. The van der Waals surface area contributed by atoms with E-state index in [0.29, 0.717) is 49.0 Å². The molecule has 0 radical (unpaired) electrons. The fourth-order valence-electron chi connectivity index (χ4n) is 4.46. The molecule has 1 saturated heterocycles. The minimum absolute atomic E-state index is 0.152. The van der Waals surface area contributed by atoms with Gasteiger partial charge in [-0.25, -0.2) is 9.59 Å². The van der Waals surface area contributed by atoms with E-state index in [0.717, 1.165) is 17.0 Å². The molecular weight excluding hydrogens is 538 g/mol. The van der Waals surface area contributed by atoms with Crippen molar-refractivity contribution < 1.29 is 24.2 Å². The van der Waals surface area contributed by atoms with Gasteiger partial charge in [-0.1, -0.05) is 41.0 Å². The van der Waals surface area contributed by atoms with Crippen LogP contribution in [0.4, 0.5) is 10.5 Å². The lowest BCUT2D eigenvalue weighted by Crippen LogP contribution is -2.51. The van der Waals surface area contributed by atoms with Gasteiger partial charge in [-0.2, -0.15) is 0 Å². The molecule has 5 rings (SSSR count). The van der Waals surface area contributed by atoms with Gasteiger partial charge in [-0.3, -0.25) is 0 Å². The summed E-state index contributed by atoms with van der Waals surface area (Å²) in [7, 11) is 0. The van der Waals surface area contributed by atoms with E-state index in [1.165, 1.54) is 4.90 Å². The number of rotatable bonds is 10. The van der Waals surface area contributed by atoms with Gasteiger partial charge in [0.15, 0.2) is 0 Å². The summed E-state index contributed by atoms with van der Waals surface area (Å²) < 4.78 is 11.8.